The maximum atomic E-state index is 14.1. The van der Waals surface area contributed by atoms with Crippen molar-refractivity contribution in [1.82, 2.24) is 10.2 Å². The van der Waals surface area contributed by atoms with Crippen molar-refractivity contribution in [2.24, 2.45) is 0 Å². The molecule has 0 aliphatic carbocycles. The van der Waals surface area contributed by atoms with Crippen molar-refractivity contribution in [3.8, 4) is 0 Å². The van der Waals surface area contributed by atoms with Crippen molar-refractivity contribution in [3.63, 3.8) is 0 Å². The van der Waals surface area contributed by atoms with E-state index < -0.39 is 45.5 Å². The first kappa shape index (κ1) is 19.1. The van der Waals surface area contributed by atoms with Gasteiger partial charge in [0.2, 0.25) is 0 Å². The number of nitrogens with zero attached hydrogens (tertiary/aromatic N) is 1. The molecule has 1 saturated heterocycles. The zero-order chi connectivity index (χ0) is 18.9. The Kier molecular flexibility index (Phi) is 5.28. The van der Waals surface area contributed by atoms with Crippen molar-refractivity contribution in [2.75, 3.05) is 6.54 Å². The highest BCUT2D eigenvalue weighted by atomic mass is 35.5. The van der Waals surface area contributed by atoms with E-state index in [-0.39, 0.29) is 11.7 Å². The van der Waals surface area contributed by atoms with Gasteiger partial charge in [-0.25, -0.2) is 4.39 Å². The predicted molar refractivity (Wildman–Crippen MR) is 87.0 cm³/mol. The standard InChI is InChI=1S/C15H9ClF4N2O2S/c1-2-5-22-13(24)8(12(23)21-14(22)25)6-7-9(15(18,19)20)3-4-10(16)11(7)17/h2-4,6H,1,5H2,(H,21,23,25). The molecule has 0 spiro atoms. The summed E-state index contributed by atoms with van der Waals surface area (Å²) in [5, 5.41) is 1.34. The number of amides is 2. The molecule has 1 heterocycles. The molecule has 0 atom stereocenters. The fourth-order valence-electron chi connectivity index (χ4n) is 2.09. The maximum absolute atomic E-state index is 14.1. The van der Waals surface area contributed by atoms with Gasteiger partial charge in [0.05, 0.1) is 10.6 Å². The minimum atomic E-state index is -4.91. The largest absolute Gasteiger partial charge is 0.417 e. The van der Waals surface area contributed by atoms with E-state index in [2.05, 4.69) is 11.9 Å². The second-order valence-corrected chi connectivity index (χ2v) is 5.64. The van der Waals surface area contributed by atoms with Gasteiger partial charge in [0.1, 0.15) is 11.4 Å². The lowest BCUT2D eigenvalue weighted by molar-refractivity contribution is -0.138. The molecular weight excluding hydrogens is 384 g/mol. The smallest absolute Gasteiger partial charge is 0.298 e. The summed E-state index contributed by atoms with van der Waals surface area (Å²) in [5.74, 6) is -3.41. The van der Waals surface area contributed by atoms with Gasteiger partial charge in [0, 0.05) is 12.1 Å². The molecule has 1 fully saturated rings. The van der Waals surface area contributed by atoms with Crippen LogP contribution in [0.2, 0.25) is 5.02 Å². The number of carbonyl (C=O) groups excluding carboxylic acids is 2. The molecule has 132 valence electrons. The first-order chi connectivity index (χ1) is 11.6. The summed E-state index contributed by atoms with van der Waals surface area (Å²) in [7, 11) is 0. The zero-order valence-electron chi connectivity index (χ0n) is 12.3. The summed E-state index contributed by atoms with van der Waals surface area (Å²) >= 11 is 10.3. The molecule has 0 saturated carbocycles. The molecule has 2 amide bonds. The highest BCUT2D eigenvalue weighted by Crippen LogP contribution is 2.36. The van der Waals surface area contributed by atoms with Crippen LogP contribution in [0, 0.1) is 5.82 Å². The van der Waals surface area contributed by atoms with Crippen LogP contribution in [0.25, 0.3) is 6.08 Å². The number of rotatable bonds is 3. The van der Waals surface area contributed by atoms with E-state index in [4.69, 9.17) is 23.8 Å². The van der Waals surface area contributed by atoms with Gasteiger partial charge in [-0.3, -0.25) is 19.8 Å². The summed E-state index contributed by atoms with van der Waals surface area (Å²) in [4.78, 5) is 25.2. The molecule has 25 heavy (non-hydrogen) atoms. The van der Waals surface area contributed by atoms with E-state index in [0.29, 0.717) is 12.1 Å². The highest BCUT2D eigenvalue weighted by molar-refractivity contribution is 7.80. The number of nitrogens with one attached hydrogen (secondary N) is 1. The molecule has 10 heteroatoms. The van der Waals surface area contributed by atoms with Crippen molar-refractivity contribution in [2.45, 2.75) is 6.18 Å². The Morgan fingerprint density at radius 1 is 1.32 bits per heavy atom. The second-order valence-electron chi connectivity index (χ2n) is 4.84. The molecule has 0 unspecified atom stereocenters. The van der Waals surface area contributed by atoms with E-state index in [1.165, 1.54) is 6.08 Å². The van der Waals surface area contributed by atoms with E-state index >= 15 is 0 Å². The third-order valence-corrected chi connectivity index (χ3v) is 3.84. The number of halogens is 5. The predicted octanol–water partition coefficient (Wildman–Crippen LogP) is 3.31. The Labute approximate surface area is 149 Å². The average molecular weight is 393 g/mol. The van der Waals surface area contributed by atoms with Gasteiger partial charge in [0.25, 0.3) is 11.8 Å². The van der Waals surface area contributed by atoms with Gasteiger partial charge in [-0.2, -0.15) is 13.2 Å². The molecule has 4 nitrogen and oxygen atoms in total. The van der Waals surface area contributed by atoms with Gasteiger partial charge in [-0.05, 0) is 30.4 Å². The Morgan fingerprint density at radius 2 is 1.96 bits per heavy atom. The number of hydrogen-bond acceptors (Lipinski definition) is 3. The molecule has 0 bridgehead atoms. The summed E-state index contributed by atoms with van der Waals surface area (Å²) in [6.07, 6.45) is -3.10. The maximum Gasteiger partial charge on any atom is 0.417 e. The lowest BCUT2D eigenvalue weighted by Crippen LogP contribution is -2.53. The molecule has 1 aromatic carbocycles. The highest BCUT2D eigenvalue weighted by Gasteiger charge is 2.37. The number of carbonyl (C=O) groups is 2. The Hall–Kier alpha value is -2.26. The van der Waals surface area contributed by atoms with Crippen LogP contribution in [0.5, 0.6) is 0 Å². The number of benzene rings is 1. The fourth-order valence-corrected chi connectivity index (χ4v) is 2.50. The van der Waals surface area contributed by atoms with Crippen LogP contribution in [-0.4, -0.2) is 28.4 Å². The van der Waals surface area contributed by atoms with Crippen LogP contribution in [0.1, 0.15) is 11.1 Å². The molecular formula is C15H9ClF4N2O2S. The van der Waals surface area contributed by atoms with Crippen LogP contribution < -0.4 is 5.32 Å². The molecule has 1 N–H and O–H groups in total. The first-order valence-corrected chi connectivity index (χ1v) is 7.41. The van der Waals surface area contributed by atoms with Crippen LogP contribution in [0.15, 0.2) is 30.4 Å². The number of alkyl halides is 3. The minimum Gasteiger partial charge on any atom is -0.298 e. The lowest BCUT2D eigenvalue weighted by Gasteiger charge is -2.28. The van der Waals surface area contributed by atoms with Crippen LogP contribution in [-0.2, 0) is 15.8 Å². The van der Waals surface area contributed by atoms with Crippen molar-refractivity contribution in [1.29, 1.82) is 0 Å². The van der Waals surface area contributed by atoms with Crippen LogP contribution in [0.4, 0.5) is 17.6 Å². The van der Waals surface area contributed by atoms with Gasteiger partial charge >= 0.3 is 6.18 Å². The van der Waals surface area contributed by atoms with Crippen molar-refractivity contribution >= 4 is 46.8 Å². The molecule has 0 radical (unpaired) electrons. The molecule has 1 aromatic rings. The topological polar surface area (TPSA) is 49.4 Å². The number of thiocarbonyl (C=S) groups is 1. The van der Waals surface area contributed by atoms with E-state index in [1.54, 1.807) is 0 Å². The lowest BCUT2D eigenvalue weighted by atomic mass is 10.0. The third-order valence-electron chi connectivity index (χ3n) is 3.22. The second kappa shape index (κ2) is 6.93. The zero-order valence-corrected chi connectivity index (χ0v) is 13.9. The normalized spacial score (nSPS) is 17.1. The quantitative estimate of drug-likeness (QED) is 0.282. The third kappa shape index (κ3) is 3.72. The van der Waals surface area contributed by atoms with E-state index in [9.17, 15) is 27.2 Å². The van der Waals surface area contributed by atoms with E-state index in [1.807, 2.05) is 0 Å². The summed E-state index contributed by atoms with van der Waals surface area (Å²) in [5.41, 5.74) is -3.09. The Balaban J connectivity index is 2.64. The van der Waals surface area contributed by atoms with Gasteiger partial charge in [0.15, 0.2) is 5.11 Å². The van der Waals surface area contributed by atoms with E-state index in [0.717, 1.165) is 11.0 Å². The van der Waals surface area contributed by atoms with Gasteiger partial charge in [-0.15, -0.1) is 6.58 Å². The van der Waals surface area contributed by atoms with Crippen LogP contribution in [0.3, 0.4) is 0 Å². The Bertz CT molecular complexity index is 820. The average Bonchev–Trinajstić information content (AvgIpc) is 2.50. The molecule has 1 aliphatic heterocycles. The summed E-state index contributed by atoms with van der Waals surface area (Å²) in [6, 6.07) is 1.30. The first-order valence-electron chi connectivity index (χ1n) is 6.63. The minimum absolute atomic E-state index is 0.0839. The number of hydrogen-bond donors (Lipinski definition) is 1. The van der Waals surface area contributed by atoms with Crippen LogP contribution >= 0.6 is 23.8 Å². The van der Waals surface area contributed by atoms with Crippen molar-refractivity contribution in [3.05, 3.63) is 52.3 Å². The monoisotopic (exact) mass is 392 g/mol. The fraction of sp³-hybridized carbons (Fsp3) is 0.133. The SMILES string of the molecule is C=CCN1C(=O)C(=Cc2c(C(F)(F)F)ccc(Cl)c2F)C(=O)NC1=S. The van der Waals surface area contributed by atoms with Crippen molar-refractivity contribution < 1.29 is 27.2 Å². The summed E-state index contributed by atoms with van der Waals surface area (Å²) < 4.78 is 53.4. The molecule has 1 aliphatic rings. The molecule has 0 aromatic heterocycles. The van der Waals surface area contributed by atoms with Gasteiger partial charge < -0.3 is 0 Å². The van der Waals surface area contributed by atoms with Gasteiger partial charge in [-0.1, -0.05) is 17.7 Å². The Morgan fingerprint density at radius 3 is 2.52 bits per heavy atom. The summed E-state index contributed by atoms with van der Waals surface area (Å²) in [6.45, 7) is 3.33. The molecule has 2 rings (SSSR count).